The number of methoxy groups -OCH3 is 1. The highest BCUT2D eigenvalue weighted by Gasteiger charge is 2.15. The van der Waals surface area contributed by atoms with E-state index in [0.29, 0.717) is 5.56 Å². The number of aryl methyl sites for hydroxylation is 2. The zero-order valence-electron chi connectivity index (χ0n) is 12.3. The Kier molecular flexibility index (Phi) is 4.58. The van der Waals surface area contributed by atoms with Crippen molar-refractivity contribution in [2.45, 2.75) is 26.4 Å². The first-order chi connectivity index (χ1) is 9.92. The van der Waals surface area contributed by atoms with Gasteiger partial charge in [0.25, 0.3) is 0 Å². The van der Waals surface area contributed by atoms with Crippen molar-refractivity contribution in [2.75, 3.05) is 7.11 Å². The Balaban J connectivity index is 2.26. The van der Waals surface area contributed by atoms with Gasteiger partial charge in [0.15, 0.2) is 0 Å². The summed E-state index contributed by atoms with van der Waals surface area (Å²) < 4.78 is 31.8. The summed E-state index contributed by atoms with van der Waals surface area (Å²) in [5.41, 5.74) is 2.79. The van der Waals surface area contributed by atoms with Gasteiger partial charge in [0.05, 0.1) is 13.2 Å². The van der Waals surface area contributed by atoms with Crippen molar-refractivity contribution < 1.29 is 18.6 Å². The number of aliphatic hydroxyl groups is 1. The van der Waals surface area contributed by atoms with Crippen LogP contribution in [0.4, 0.5) is 8.78 Å². The molecule has 4 heteroatoms. The van der Waals surface area contributed by atoms with Gasteiger partial charge in [-0.2, -0.15) is 0 Å². The van der Waals surface area contributed by atoms with Crippen LogP contribution in [0.5, 0.6) is 5.75 Å². The molecule has 2 aromatic rings. The standard InChI is InChI=1S/C17H18F2O2/c1-10-6-13(7-11(2)17(10)21-3)16(20)8-12-4-5-14(18)9-15(12)19/h4-7,9,16,20H,8H2,1-3H3. The fraction of sp³-hybridized carbons (Fsp3) is 0.294. The number of aliphatic hydroxyl groups excluding tert-OH is 1. The summed E-state index contributed by atoms with van der Waals surface area (Å²) in [4.78, 5) is 0. The van der Waals surface area contributed by atoms with E-state index in [-0.39, 0.29) is 12.0 Å². The van der Waals surface area contributed by atoms with Crippen molar-refractivity contribution in [3.63, 3.8) is 0 Å². The van der Waals surface area contributed by atoms with Gasteiger partial charge in [-0.25, -0.2) is 8.78 Å². The quantitative estimate of drug-likeness (QED) is 0.927. The van der Waals surface area contributed by atoms with Crippen molar-refractivity contribution in [3.05, 3.63) is 64.2 Å². The predicted molar refractivity (Wildman–Crippen MR) is 77.5 cm³/mol. The summed E-state index contributed by atoms with van der Waals surface area (Å²) >= 11 is 0. The van der Waals surface area contributed by atoms with Crippen LogP contribution in [-0.4, -0.2) is 12.2 Å². The molecule has 0 bridgehead atoms. The van der Waals surface area contributed by atoms with Crippen LogP contribution in [0, 0.1) is 25.5 Å². The molecule has 112 valence electrons. The monoisotopic (exact) mass is 292 g/mol. The topological polar surface area (TPSA) is 29.5 Å². The van der Waals surface area contributed by atoms with Crippen molar-refractivity contribution in [1.29, 1.82) is 0 Å². The number of ether oxygens (including phenoxy) is 1. The third-order valence-electron chi connectivity index (χ3n) is 3.50. The molecule has 1 unspecified atom stereocenters. The highest BCUT2D eigenvalue weighted by Crippen LogP contribution is 2.29. The fourth-order valence-electron chi connectivity index (χ4n) is 2.51. The molecule has 1 atom stereocenters. The SMILES string of the molecule is COc1c(C)cc(C(O)Cc2ccc(F)cc2F)cc1C. The van der Waals surface area contributed by atoms with E-state index in [2.05, 4.69) is 0 Å². The van der Waals surface area contributed by atoms with Crippen LogP contribution in [0.15, 0.2) is 30.3 Å². The molecule has 2 aromatic carbocycles. The molecule has 0 spiro atoms. The molecule has 2 nitrogen and oxygen atoms in total. The van der Waals surface area contributed by atoms with Crippen LogP contribution < -0.4 is 4.74 Å². The molecule has 2 rings (SSSR count). The average Bonchev–Trinajstić information content (AvgIpc) is 2.41. The maximum Gasteiger partial charge on any atom is 0.129 e. The Labute approximate surface area is 123 Å². The van der Waals surface area contributed by atoms with E-state index in [0.717, 1.165) is 22.9 Å². The molecule has 0 aliphatic rings. The lowest BCUT2D eigenvalue weighted by atomic mass is 9.97. The number of halogens is 2. The van der Waals surface area contributed by atoms with Crippen LogP contribution in [-0.2, 0) is 6.42 Å². The summed E-state index contributed by atoms with van der Waals surface area (Å²) in [6.45, 7) is 3.78. The van der Waals surface area contributed by atoms with Gasteiger partial charge >= 0.3 is 0 Å². The Hall–Kier alpha value is -1.94. The molecule has 0 fully saturated rings. The molecule has 0 aliphatic carbocycles. The van der Waals surface area contributed by atoms with Crippen LogP contribution in [0.25, 0.3) is 0 Å². The number of rotatable bonds is 4. The maximum atomic E-state index is 13.6. The highest BCUT2D eigenvalue weighted by molar-refractivity contribution is 5.44. The van der Waals surface area contributed by atoms with E-state index < -0.39 is 17.7 Å². The van der Waals surface area contributed by atoms with E-state index in [4.69, 9.17) is 4.74 Å². The van der Waals surface area contributed by atoms with Gasteiger partial charge in [-0.1, -0.05) is 6.07 Å². The number of hydrogen-bond donors (Lipinski definition) is 1. The summed E-state index contributed by atoms with van der Waals surface area (Å²) in [6.07, 6.45) is -0.759. The molecule has 0 saturated heterocycles. The van der Waals surface area contributed by atoms with E-state index in [9.17, 15) is 13.9 Å². The molecule has 0 radical (unpaired) electrons. The van der Waals surface area contributed by atoms with Gasteiger partial charge in [0.1, 0.15) is 17.4 Å². The zero-order valence-corrected chi connectivity index (χ0v) is 12.3. The Morgan fingerprint density at radius 3 is 2.24 bits per heavy atom. The first-order valence-electron chi connectivity index (χ1n) is 6.69. The minimum atomic E-state index is -0.853. The molecule has 21 heavy (non-hydrogen) atoms. The van der Waals surface area contributed by atoms with E-state index in [1.807, 2.05) is 26.0 Å². The number of hydrogen-bond acceptors (Lipinski definition) is 2. The lowest BCUT2D eigenvalue weighted by Gasteiger charge is -2.16. The lowest BCUT2D eigenvalue weighted by Crippen LogP contribution is -2.05. The van der Waals surface area contributed by atoms with Gasteiger partial charge in [-0.3, -0.25) is 0 Å². The summed E-state index contributed by atoms with van der Waals surface area (Å²) in [7, 11) is 1.60. The van der Waals surface area contributed by atoms with Gasteiger partial charge in [-0.05, 0) is 54.3 Å². The maximum absolute atomic E-state index is 13.6. The van der Waals surface area contributed by atoms with Gasteiger partial charge in [0, 0.05) is 12.5 Å². The summed E-state index contributed by atoms with van der Waals surface area (Å²) in [6, 6.07) is 7.01. The van der Waals surface area contributed by atoms with Crippen LogP contribution in [0.2, 0.25) is 0 Å². The minimum Gasteiger partial charge on any atom is -0.496 e. The molecule has 1 N–H and O–H groups in total. The Bertz CT molecular complexity index is 630. The zero-order chi connectivity index (χ0) is 15.6. The third-order valence-corrected chi connectivity index (χ3v) is 3.50. The molecular formula is C17H18F2O2. The average molecular weight is 292 g/mol. The number of benzene rings is 2. The molecule has 0 aromatic heterocycles. The van der Waals surface area contributed by atoms with Crippen molar-refractivity contribution in [3.8, 4) is 5.75 Å². The van der Waals surface area contributed by atoms with Crippen LogP contribution in [0.1, 0.15) is 28.4 Å². The largest absolute Gasteiger partial charge is 0.496 e. The first-order valence-corrected chi connectivity index (χ1v) is 6.69. The normalized spacial score (nSPS) is 12.3. The predicted octanol–water partition coefficient (Wildman–Crippen LogP) is 3.87. The molecule has 0 heterocycles. The lowest BCUT2D eigenvalue weighted by molar-refractivity contribution is 0.177. The van der Waals surface area contributed by atoms with E-state index in [1.165, 1.54) is 12.1 Å². The smallest absolute Gasteiger partial charge is 0.129 e. The second kappa shape index (κ2) is 6.22. The molecule has 0 saturated carbocycles. The Morgan fingerprint density at radius 1 is 1.10 bits per heavy atom. The minimum absolute atomic E-state index is 0.0946. The molecule has 0 aliphatic heterocycles. The molecular weight excluding hydrogens is 274 g/mol. The van der Waals surface area contributed by atoms with Crippen LogP contribution in [0.3, 0.4) is 0 Å². The summed E-state index contributed by atoms with van der Waals surface area (Å²) in [5.74, 6) is -0.489. The summed E-state index contributed by atoms with van der Waals surface area (Å²) in [5, 5.41) is 10.3. The Morgan fingerprint density at radius 2 is 1.71 bits per heavy atom. The van der Waals surface area contributed by atoms with Gasteiger partial charge < -0.3 is 9.84 Å². The molecule has 0 amide bonds. The van der Waals surface area contributed by atoms with Gasteiger partial charge in [0.2, 0.25) is 0 Å². The van der Waals surface area contributed by atoms with Crippen molar-refractivity contribution in [1.82, 2.24) is 0 Å². The van der Waals surface area contributed by atoms with Gasteiger partial charge in [-0.15, -0.1) is 0 Å². The van der Waals surface area contributed by atoms with Crippen molar-refractivity contribution in [2.24, 2.45) is 0 Å². The second-order valence-corrected chi connectivity index (χ2v) is 5.14. The highest BCUT2D eigenvalue weighted by atomic mass is 19.1. The first kappa shape index (κ1) is 15.4. The fourth-order valence-corrected chi connectivity index (χ4v) is 2.51. The second-order valence-electron chi connectivity index (χ2n) is 5.14. The van der Waals surface area contributed by atoms with E-state index >= 15 is 0 Å². The van der Waals surface area contributed by atoms with E-state index in [1.54, 1.807) is 7.11 Å². The van der Waals surface area contributed by atoms with Crippen molar-refractivity contribution >= 4 is 0 Å². The third kappa shape index (κ3) is 3.39. The van der Waals surface area contributed by atoms with Crippen LogP contribution >= 0.6 is 0 Å².